The number of rotatable bonds is 7. The van der Waals surface area contributed by atoms with Crippen molar-refractivity contribution in [1.29, 1.82) is 5.41 Å². The van der Waals surface area contributed by atoms with Gasteiger partial charge in [0.25, 0.3) is 0 Å². The van der Waals surface area contributed by atoms with E-state index in [0.717, 1.165) is 59.4 Å². The third kappa shape index (κ3) is 8.91. The number of allylic oxidation sites excluding steroid dienone is 4. The number of hydrogen-bond acceptors (Lipinski definition) is 2. The van der Waals surface area contributed by atoms with Crippen LogP contribution in [-0.2, 0) is 12.6 Å². The summed E-state index contributed by atoms with van der Waals surface area (Å²) in [5.74, 6) is 0. The van der Waals surface area contributed by atoms with E-state index in [0.29, 0.717) is 0 Å². The Morgan fingerprint density at radius 1 is 1.00 bits per heavy atom. The Bertz CT molecular complexity index is 1320. The molecule has 3 aromatic rings. The highest BCUT2D eigenvalue weighted by Gasteiger charge is 2.29. The second kappa shape index (κ2) is 15.0. The maximum Gasteiger partial charge on any atom is 0.416 e. The van der Waals surface area contributed by atoms with Crippen LogP contribution in [0.5, 0.6) is 0 Å². The zero-order valence-corrected chi connectivity index (χ0v) is 24.5. The minimum atomic E-state index is -4.32. The number of benzene rings is 2. The summed E-state index contributed by atoms with van der Waals surface area (Å²) in [7, 11) is 0. The monoisotopic (exact) mass is 540 g/mol. The van der Waals surface area contributed by atoms with Crippen LogP contribution in [0.25, 0.3) is 16.5 Å². The van der Waals surface area contributed by atoms with Crippen LogP contribution < -0.4 is 11.1 Å². The van der Waals surface area contributed by atoms with Gasteiger partial charge in [-0.2, -0.15) is 13.2 Å². The normalized spacial score (nSPS) is 12.0. The molecular weight excluding hydrogens is 497 g/mol. The van der Waals surface area contributed by atoms with Gasteiger partial charge in [-0.25, -0.2) is 0 Å². The van der Waals surface area contributed by atoms with E-state index in [1.807, 2.05) is 40.7 Å². The molecule has 0 atom stereocenters. The number of alkyl halides is 3. The first-order valence-electron chi connectivity index (χ1n) is 13.1. The van der Waals surface area contributed by atoms with Gasteiger partial charge in [-0.15, -0.1) is 0 Å². The molecule has 212 valence electrons. The summed E-state index contributed by atoms with van der Waals surface area (Å²) in [6, 6.07) is 9.58. The van der Waals surface area contributed by atoms with Crippen molar-refractivity contribution in [3.63, 3.8) is 0 Å². The predicted octanol–water partition coefficient (Wildman–Crippen LogP) is 8.78. The first-order chi connectivity index (χ1) is 18.3. The molecular formula is C32H43F3N4. The molecule has 0 bridgehead atoms. The molecule has 0 fully saturated rings. The van der Waals surface area contributed by atoms with Gasteiger partial charge < -0.3 is 16.0 Å². The highest BCUT2D eigenvalue weighted by Crippen LogP contribution is 2.31. The van der Waals surface area contributed by atoms with Crippen molar-refractivity contribution in [3.05, 3.63) is 99.4 Å². The number of halogens is 3. The molecule has 0 aliphatic rings. The van der Waals surface area contributed by atoms with E-state index in [4.69, 9.17) is 5.41 Å². The lowest BCUT2D eigenvalue weighted by Crippen LogP contribution is -2.17. The van der Waals surface area contributed by atoms with E-state index >= 15 is 0 Å². The first kappa shape index (κ1) is 33.3. The maximum atomic E-state index is 12.8. The van der Waals surface area contributed by atoms with Crippen LogP contribution in [0.15, 0.2) is 65.9 Å². The van der Waals surface area contributed by atoms with Gasteiger partial charge >= 0.3 is 6.18 Å². The molecule has 0 unspecified atom stereocenters. The average Bonchev–Trinajstić information content (AvgIpc) is 3.24. The van der Waals surface area contributed by atoms with E-state index in [-0.39, 0.29) is 0 Å². The van der Waals surface area contributed by atoms with Crippen LogP contribution in [0, 0.1) is 26.2 Å². The van der Waals surface area contributed by atoms with E-state index in [2.05, 4.69) is 55.5 Å². The summed E-state index contributed by atoms with van der Waals surface area (Å²) < 4.78 is 38.4. The number of nitrogens with two attached hydrogens (primary N) is 1. The van der Waals surface area contributed by atoms with Crippen LogP contribution in [0.1, 0.15) is 68.1 Å². The van der Waals surface area contributed by atoms with E-state index in [9.17, 15) is 13.2 Å². The number of hydrogen-bond donors (Lipinski definition) is 4. The lowest BCUT2D eigenvalue weighted by Gasteiger charge is -2.13. The van der Waals surface area contributed by atoms with Gasteiger partial charge in [0.1, 0.15) is 0 Å². The molecule has 0 saturated carbocycles. The molecule has 1 aromatic heterocycles. The zero-order valence-electron chi connectivity index (χ0n) is 24.5. The van der Waals surface area contributed by atoms with Crippen molar-refractivity contribution in [1.82, 2.24) is 10.3 Å². The topological polar surface area (TPSA) is 77.7 Å². The van der Waals surface area contributed by atoms with E-state index < -0.39 is 11.7 Å². The Hall–Kier alpha value is -3.74. The third-order valence-corrected chi connectivity index (χ3v) is 6.55. The molecule has 0 aliphatic heterocycles. The number of H-pyrrole nitrogens is 1. The van der Waals surface area contributed by atoms with Crippen molar-refractivity contribution in [2.75, 3.05) is 6.54 Å². The number of aryl methyl sites for hydroxylation is 3. The largest absolute Gasteiger partial charge is 0.416 e. The summed E-state index contributed by atoms with van der Waals surface area (Å²) in [4.78, 5) is 3.53. The third-order valence-electron chi connectivity index (χ3n) is 6.55. The Balaban J connectivity index is 0.00000142. The molecule has 0 spiro atoms. The van der Waals surface area contributed by atoms with Gasteiger partial charge in [0.05, 0.1) is 11.9 Å². The Morgan fingerprint density at radius 2 is 1.54 bits per heavy atom. The van der Waals surface area contributed by atoms with Gasteiger partial charge in [-0.1, -0.05) is 50.8 Å². The molecule has 2 aromatic carbocycles. The van der Waals surface area contributed by atoms with Crippen molar-refractivity contribution in [2.45, 2.75) is 68.0 Å². The van der Waals surface area contributed by atoms with Crippen molar-refractivity contribution in [3.8, 4) is 0 Å². The summed E-state index contributed by atoms with van der Waals surface area (Å²) in [5, 5.41) is 10.6. The van der Waals surface area contributed by atoms with Crippen molar-refractivity contribution >= 4 is 22.8 Å². The van der Waals surface area contributed by atoms with Crippen LogP contribution in [0.3, 0.4) is 0 Å². The summed E-state index contributed by atoms with van der Waals surface area (Å²) in [6.07, 6.45) is -0.711. The molecule has 4 nitrogen and oxygen atoms in total. The fourth-order valence-electron chi connectivity index (χ4n) is 4.27. The molecule has 0 saturated heterocycles. The highest BCUT2D eigenvalue weighted by molar-refractivity contribution is 5.90. The Labute approximate surface area is 231 Å². The van der Waals surface area contributed by atoms with Crippen LogP contribution in [-0.4, -0.2) is 17.9 Å². The fourth-order valence-corrected chi connectivity index (χ4v) is 4.27. The highest BCUT2D eigenvalue weighted by atomic mass is 19.4. The average molecular weight is 541 g/mol. The van der Waals surface area contributed by atoms with E-state index in [1.54, 1.807) is 0 Å². The lowest BCUT2D eigenvalue weighted by atomic mass is 10.00. The lowest BCUT2D eigenvalue weighted by molar-refractivity contribution is -0.137. The van der Waals surface area contributed by atoms with Gasteiger partial charge in [-0.05, 0) is 99.1 Å². The maximum absolute atomic E-state index is 12.8. The summed E-state index contributed by atoms with van der Waals surface area (Å²) in [6.45, 7) is 21.2. The molecule has 7 heteroatoms. The SMILES string of the molecule is C=C(NCCc1c(C)[nH]c2c(C)ccc(C)c12)/C(C)=C(C)/C=C(\C)c1ccc(C(F)(F)F)cc1.CC.N=CN. The van der Waals surface area contributed by atoms with Crippen molar-refractivity contribution < 1.29 is 13.2 Å². The minimum absolute atomic E-state index is 0.638. The van der Waals surface area contributed by atoms with Gasteiger partial charge in [-0.3, -0.25) is 5.41 Å². The fraction of sp³-hybridized carbons (Fsp3) is 0.344. The number of fused-ring (bicyclic) bond motifs is 1. The molecule has 0 aliphatic carbocycles. The first-order valence-corrected chi connectivity index (χ1v) is 13.1. The minimum Gasteiger partial charge on any atom is -0.390 e. The van der Waals surface area contributed by atoms with Gasteiger partial charge in [0, 0.05) is 28.8 Å². The number of nitrogens with one attached hydrogen (secondary N) is 3. The molecule has 1 heterocycles. The quantitative estimate of drug-likeness (QED) is 0.137. The van der Waals surface area contributed by atoms with Crippen molar-refractivity contribution in [2.24, 2.45) is 5.73 Å². The van der Waals surface area contributed by atoms with Gasteiger partial charge in [0.15, 0.2) is 0 Å². The number of aromatic nitrogens is 1. The Kier molecular flexibility index (Phi) is 12.8. The number of aromatic amines is 1. The predicted molar refractivity (Wildman–Crippen MR) is 161 cm³/mol. The van der Waals surface area contributed by atoms with Gasteiger partial charge in [0.2, 0.25) is 0 Å². The van der Waals surface area contributed by atoms with Crippen LogP contribution >= 0.6 is 0 Å². The molecule has 0 radical (unpaired) electrons. The molecule has 0 amide bonds. The molecule has 39 heavy (non-hydrogen) atoms. The molecule has 3 rings (SSSR count). The summed E-state index contributed by atoms with van der Waals surface area (Å²) in [5.41, 5.74) is 14.6. The summed E-state index contributed by atoms with van der Waals surface area (Å²) >= 11 is 0. The van der Waals surface area contributed by atoms with E-state index in [1.165, 1.54) is 45.4 Å². The van der Waals surface area contributed by atoms with Crippen LogP contribution in [0.4, 0.5) is 13.2 Å². The second-order valence-corrected chi connectivity index (χ2v) is 9.21. The smallest absolute Gasteiger partial charge is 0.390 e. The zero-order chi connectivity index (χ0) is 29.9. The standard InChI is InChI=1S/C29H33F3N2.C2H6.CH4N2/c1-17-8-9-18(2)28-27(17)26(23(7)34-28)14-15-33-22(6)21(5)19(3)16-20(4)24-10-12-25(13-11-24)29(30,31)32;1-2;2-1-3/h8-13,16,33-34H,6,14-15H2,1-5,7H3;1-2H3;1H,(H3,2,3)/b20-16+,21-19+;;. The second-order valence-electron chi connectivity index (χ2n) is 9.21. The molecule has 5 N–H and O–H groups in total. The Morgan fingerprint density at radius 3 is 2.08 bits per heavy atom. The van der Waals surface area contributed by atoms with Crippen LogP contribution in [0.2, 0.25) is 0 Å².